The first-order valence-corrected chi connectivity index (χ1v) is 9.17. The zero-order chi connectivity index (χ0) is 18.6. The Morgan fingerprint density at radius 1 is 1.16 bits per heavy atom. The van der Waals surface area contributed by atoms with Crippen LogP contribution in [0.5, 0.6) is 0 Å². The van der Waals surface area contributed by atoms with E-state index in [-0.39, 0.29) is 15.5 Å². The van der Waals surface area contributed by atoms with Crippen LogP contribution in [-0.4, -0.2) is 33.0 Å². The molecule has 0 N–H and O–H groups in total. The molecule has 0 saturated heterocycles. The minimum atomic E-state index is -3.90. The summed E-state index contributed by atoms with van der Waals surface area (Å²) in [7, 11) is -1.42. The Labute approximate surface area is 151 Å². The van der Waals surface area contributed by atoms with Gasteiger partial charge < -0.3 is 4.74 Å². The molecule has 0 radical (unpaired) electrons. The van der Waals surface area contributed by atoms with E-state index in [4.69, 9.17) is 21.2 Å². The van der Waals surface area contributed by atoms with E-state index >= 15 is 0 Å². The van der Waals surface area contributed by atoms with Crippen molar-refractivity contribution in [2.75, 3.05) is 14.2 Å². The van der Waals surface area contributed by atoms with Crippen molar-refractivity contribution >= 4 is 27.6 Å². The van der Waals surface area contributed by atoms with Crippen molar-refractivity contribution in [2.45, 2.75) is 17.9 Å². The van der Waals surface area contributed by atoms with Gasteiger partial charge in [0, 0.05) is 7.05 Å². The normalized spacial score (nSPS) is 12.8. The van der Waals surface area contributed by atoms with Gasteiger partial charge in [-0.15, -0.1) is 0 Å². The number of benzene rings is 2. The summed E-state index contributed by atoms with van der Waals surface area (Å²) in [6.07, 6.45) is -0.508. The lowest BCUT2D eigenvalue weighted by molar-refractivity contribution is -0.0258. The Kier molecular flexibility index (Phi) is 6.18. The van der Waals surface area contributed by atoms with Gasteiger partial charge in [0.2, 0.25) is 0 Å². The van der Waals surface area contributed by atoms with Crippen LogP contribution in [0.2, 0.25) is 5.02 Å². The number of nitrogens with zero attached hydrogens (tertiary/aromatic N) is 1. The van der Waals surface area contributed by atoms with E-state index in [1.807, 2.05) is 30.3 Å². The quantitative estimate of drug-likeness (QED) is 0.564. The van der Waals surface area contributed by atoms with E-state index in [1.54, 1.807) is 6.92 Å². The number of rotatable bonds is 6. The maximum Gasteiger partial charge on any atom is 0.340 e. The molecule has 0 amide bonds. The third-order valence-corrected chi connectivity index (χ3v) is 5.61. The van der Waals surface area contributed by atoms with Gasteiger partial charge in [0.15, 0.2) is 0 Å². The van der Waals surface area contributed by atoms with Gasteiger partial charge in [-0.3, -0.25) is 4.84 Å². The second-order valence-electron chi connectivity index (χ2n) is 5.20. The van der Waals surface area contributed by atoms with E-state index in [1.165, 1.54) is 32.4 Å². The summed E-state index contributed by atoms with van der Waals surface area (Å²) < 4.78 is 30.7. The smallest absolute Gasteiger partial charge is 0.340 e. The summed E-state index contributed by atoms with van der Waals surface area (Å²) in [5.41, 5.74) is 0.782. The third kappa shape index (κ3) is 4.38. The maximum atomic E-state index is 12.4. The van der Waals surface area contributed by atoms with Crippen LogP contribution in [-0.2, 0) is 19.6 Å². The molecule has 2 rings (SSSR count). The van der Waals surface area contributed by atoms with Crippen LogP contribution < -0.4 is 0 Å². The number of ether oxygens (including phenoxy) is 1. The van der Waals surface area contributed by atoms with Crippen LogP contribution in [0.3, 0.4) is 0 Å². The molecule has 2 aromatic carbocycles. The number of carbonyl (C=O) groups is 1. The van der Waals surface area contributed by atoms with Crippen LogP contribution in [0.25, 0.3) is 0 Å². The lowest BCUT2D eigenvalue weighted by atomic mass is 10.1. The van der Waals surface area contributed by atoms with Gasteiger partial charge in [0.25, 0.3) is 10.0 Å². The zero-order valence-corrected chi connectivity index (χ0v) is 15.5. The Balaban J connectivity index is 2.30. The number of halogens is 1. The Bertz CT molecular complexity index is 855. The molecule has 0 spiro atoms. The summed E-state index contributed by atoms with van der Waals surface area (Å²) >= 11 is 6.04. The number of hydroxylamine groups is 1. The minimum absolute atomic E-state index is 0.0324. The molecule has 0 aliphatic heterocycles. The van der Waals surface area contributed by atoms with Gasteiger partial charge in [-0.05, 0) is 30.7 Å². The minimum Gasteiger partial charge on any atom is -0.454 e. The highest BCUT2D eigenvalue weighted by molar-refractivity contribution is 7.89. The van der Waals surface area contributed by atoms with Crippen LogP contribution >= 0.6 is 11.6 Å². The summed E-state index contributed by atoms with van der Waals surface area (Å²) in [6, 6.07) is 13.0. The number of hydrogen-bond acceptors (Lipinski definition) is 5. The monoisotopic (exact) mass is 383 g/mol. The van der Waals surface area contributed by atoms with E-state index in [2.05, 4.69) is 0 Å². The number of carbonyl (C=O) groups excluding carboxylic acids is 1. The molecule has 1 atom stereocenters. The Morgan fingerprint density at radius 2 is 1.80 bits per heavy atom. The van der Waals surface area contributed by atoms with Crippen molar-refractivity contribution in [1.29, 1.82) is 0 Å². The van der Waals surface area contributed by atoms with Crippen molar-refractivity contribution in [3.05, 3.63) is 64.7 Å². The van der Waals surface area contributed by atoms with Crippen LogP contribution in [0.15, 0.2) is 53.4 Å². The number of esters is 1. The summed E-state index contributed by atoms with van der Waals surface area (Å²) in [4.78, 5) is 17.0. The van der Waals surface area contributed by atoms with Crippen LogP contribution in [0.1, 0.15) is 28.9 Å². The first-order chi connectivity index (χ1) is 11.8. The SMILES string of the molecule is CON(C)S(=O)(=O)c1ccc(Cl)c(C(=O)O[C@H](C)c2ccccc2)c1. The molecule has 0 aliphatic rings. The van der Waals surface area contributed by atoms with E-state index in [9.17, 15) is 13.2 Å². The predicted octanol–water partition coefficient (Wildman–Crippen LogP) is 3.44. The van der Waals surface area contributed by atoms with Crippen LogP contribution in [0, 0.1) is 0 Å². The maximum absolute atomic E-state index is 12.4. The highest BCUT2D eigenvalue weighted by atomic mass is 35.5. The number of sulfonamides is 1. The molecule has 25 heavy (non-hydrogen) atoms. The summed E-state index contributed by atoms with van der Waals surface area (Å²) in [5, 5.41) is 0.101. The molecule has 0 heterocycles. The fourth-order valence-corrected chi connectivity index (χ4v) is 3.28. The van der Waals surface area contributed by atoms with Crippen LogP contribution in [0.4, 0.5) is 0 Å². The lowest BCUT2D eigenvalue weighted by Crippen LogP contribution is -2.26. The molecule has 8 heteroatoms. The molecule has 0 bridgehead atoms. The summed E-state index contributed by atoms with van der Waals surface area (Å²) in [5.74, 6) is -0.710. The molecular formula is C17H18ClNO5S. The van der Waals surface area contributed by atoms with E-state index in [0.717, 1.165) is 5.56 Å². The predicted molar refractivity (Wildman–Crippen MR) is 93.7 cm³/mol. The average Bonchev–Trinajstić information content (AvgIpc) is 2.61. The average molecular weight is 384 g/mol. The standard InChI is InChI=1S/C17H18ClNO5S/c1-12(13-7-5-4-6-8-13)24-17(20)15-11-14(9-10-16(15)18)25(21,22)19(2)23-3/h4-12H,1-3H3/t12-/m1/s1. The molecule has 0 aliphatic carbocycles. The largest absolute Gasteiger partial charge is 0.454 e. The third-order valence-electron chi connectivity index (χ3n) is 3.60. The lowest BCUT2D eigenvalue weighted by Gasteiger charge is -2.16. The van der Waals surface area contributed by atoms with Gasteiger partial charge in [-0.25, -0.2) is 13.2 Å². The molecule has 134 valence electrons. The second-order valence-corrected chi connectivity index (χ2v) is 7.54. The first-order valence-electron chi connectivity index (χ1n) is 7.36. The second kappa shape index (κ2) is 7.97. The molecule has 0 saturated carbocycles. The van der Waals surface area contributed by atoms with E-state index in [0.29, 0.717) is 4.47 Å². The Morgan fingerprint density at radius 3 is 2.40 bits per heavy atom. The van der Waals surface area contributed by atoms with Crippen molar-refractivity contribution < 1.29 is 22.8 Å². The molecular weight excluding hydrogens is 366 g/mol. The molecule has 0 aromatic heterocycles. The highest BCUT2D eigenvalue weighted by Gasteiger charge is 2.24. The van der Waals surface area contributed by atoms with Crippen molar-refractivity contribution in [3.63, 3.8) is 0 Å². The Hall–Kier alpha value is -1.93. The number of hydrogen-bond donors (Lipinski definition) is 0. The van der Waals surface area contributed by atoms with Gasteiger partial charge >= 0.3 is 5.97 Å². The fraction of sp³-hybridized carbons (Fsp3) is 0.235. The molecule has 6 nitrogen and oxygen atoms in total. The topological polar surface area (TPSA) is 72.9 Å². The summed E-state index contributed by atoms with van der Waals surface area (Å²) in [6.45, 7) is 1.72. The van der Waals surface area contributed by atoms with E-state index < -0.39 is 22.1 Å². The van der Waals surface area contributed by atoms with Crippen molar-refractivity contribution in [1.82, 2.24) is 4.47 Å². The highest BCUT2D eigenvalue weighted by Crippen LogP contribution is 2.25. The molecule has 0 fully saturated rings. The molecule has 0 unspecified atom stereocenters. The van der Waals surface area contributed by atoms with Gasteiger partial charge in [-0.1, -0.05) is 46.4 Å². The van der Waals surface area contributed by atoms with Gasteiger partial charge in [-0.2, -0.15) is 0 Å². The van der Waals surface area contributed by atoms with Gasteiger partial charge in [0.05, 0.1) is 22.6 Å². The van der Waals surface area contributed by atoms with Crippen molar-refractivity contribution in [2.24, 2.45) is 0 Å². The van der Waals surface area contributed by atoms with Gasteiger partial charge in [0.1, 0.15) is 6.10 Å². The fourth-order valence-electron chi connectivity index (χ4n) is 2.08. The van der Waals surface area contributed by atoms with Crippen molar-refractivity contribution in [3.8, 4) is 0 Å². The molecule has 2 aromatic rings. The first kappa shape index (κ1) is 19.4. The zero-order valence-electron chi connectivity index (χ0n) is 14.0.